The lowest BCUT2D eigenvalue weighted by Gasteiger charge is -2.14. The third-order valence-electron chi connectivity index (χ3n) is 3.00. The molecule has 0 aliphatic heterocycles. The average Bonchev–Trinajstić information content (AvgIpc) is 2.51. The molecule has 2 amide bonds. The second-order valence-electron chi connectivity index (χ2n) is 4.83. The fourth-order valence-electron chi connectivity index (χ4n) is 1.83. The molecule has 0 spiro atoms. The number of anilines is 3. The highest BCUT2D eigenvalue weighted by atomic mass is 35.5. The summed E-state index contributed by atoms with van der Waals surface area (Å²) in [4.78, 5) is 23.7. The molecular weight excluding hydrogens is 382 g/mol. The third-order valence-corrected chi connectivity index (χ3v) is 3.56. The van der Waals surface area contributed by atoms with Crippen molar-refractivity contribution in [3.8, 4) is 0 Å². The van der Waals surface area contributed by atoms with Crippen molar-refractivity contribution in [3.05, 3.63) is 52.0 Å². The molecule has 5 nitrogen and oxygen atoms in total. The molecule has 0 bridgehead atoms. The Morgan fingerprint density at radius 1 is 0.960 bits per heavy atom. The Morgan fingerprint density at radius 3 is 2.20 bits per heavy atom. The van der Waals surface area contributed by atoms with Gasteiger partial charge in [-0.1, -0.05) is 23.2 Å². The van der Waals surface area contributed by atoms with Gasteiger partial charge in [0.2, 0.25) is 0 Å². The largest absolute Gasteiger partial charge is 0.418 e. The van der Waals surface area contributed by atoms with Crippen LogP contribution in [0.1, 0.15) is 5.56 Å². The molecule has 0 radical (unpaired) electrons. The van der Waals surface area contributed by atoms with Gasteiger partial charge in [0.25, 0.3) is 0 Å². The number of benzene rings is 2. The first-order valence-corrected chi connectivity index (χ1v) is 7.37. The van der Waals surface area contributed by atoms with Gasteiger partial charge in [0.1, 0.15) is 0 Å². The van der Waals surface area contributed by atoms with Crippen LogP contribution < -0.4 is 16.4 Å². The van der Waals surface area contributed by atoms with Crippen LogP contribution in [0.25, 0.3) is 0 Å². The molecule has 2 rings (SSSR count). The van der Waals surface area contributed by atoms with Crippen LogP contribution in [0.15, 0.2) is 36.4 Å². The van der Waals surface area contributed by atoms with Crippen LogP contribution in [0, 0.1) is 0 Å². The maximum atomic E-state index is 13.0. The summed E-state index contributed by atoms with van der Waals surface area (Å²) in [5.74, 6) is -2.47. The van der Waals surface area contributed by atoms with E-state index >= 15 is 0 Å². The third kappa shape index (κ3) is 4.77. The molecule has 0 heterocycles. The minimum atomic E-state index is -4.76. The van der Waals surface area contributed by atoms with Crippen LogP contribution in [-0.4, -0.2) is 11.8 Å². The van der Waals surface area contributed by atoms with Gasteiger partial charge >= 0.3 is 18.0 Å². The van der Waals surface area contributed by atoms with Crippen molar-refractivity contribution in [1.29, 1.82) is 0 Å². The number of hydrogen-bond acceptors (Lipinski definition) is 3. The van der Waals surface area contributed by atoms with Crippen LogP contribution in [0.3, 0.4) is 0 Å². The first-order valence-electron chi connectivity index (χ1n) is 6.62. The standard InChI is InChI=1S/C15H10Cl2F3N3O2/c16-7-1-4-12(9(5-7)15(18,19)20)23-14(25)13(24)22-8-2-3-11(21)10(17)6-8/h1-6H,21H2,(H,22,24)(H,23,25). The Labute approximate surface area is 149 Å². The fourth-order valence-corrected chi connectivity index (χ4v) is 2.18. The summed E-state index contributed by atoms with van der Waals surface area (Å²) < 4.78 is 38.9. The van der Waals surface area contributed by atoms with Crippen molar-refractivity contribution in [2.75, 3.05) is 16.4 Å². The molecule has 0 fully saturated rings. The predicted octanol–water partition coefficient (Wildman–Crippen LogP) is 4.17. The van der Waals surface area contributed by atoms with Crippen LogP contribution in [0.2, 0.25) is 10.0 Å². The number of rotatable bonds is 2. The summed E-state index contributed by atoms with van der Waals surface area (Å²) in [7, 11) is 0. The lowest BCUT2D eigenvalue weighted by atomic mass is 10.1. The van der Waals surface area contributed by atoms with E-state index in [4.69, 9.17) is 28.9 Å². The van der Waals surface area contributed by atoms with Gasteiger partial charge in [-0.05, 0) is 36.4 Å². The maximum absolute atomic E-state index is 13.0. The number of nitrogen functional groups attached to an aromatic ring is 1. The molecule has 0 unspecified atom stereocenters. The zero-order valence-electron chi connectivity index (χ0n) is 12.2. The second kappa shape index (κ2) is 7.20. The monoisotopic (exact) mass is 391 g/mol. The number of halogens is 5. The summed E-state index contributed by atoms with van der Waals surface area (Å²) in [6, 6.07) is 6.84. The molecule has 25 heavy (non-hydrogen) atoms. The number of alkyl halides is 3. The van der Waals surface area contributed by atoms with Crippen molar-refractivity contribution in [2.45, 2.75) is 6.18 Å². The topological polar surface area (TPSA) is 84.2 Å². The summed E-state index contributed by atoms with van der Waals surface area (Å²) in [6.07, 6.45) is -4.76. The molecule has 0 saturated heterocycles. The predicted molar refractivity (Wildman–Crippen MR) is 89.6 cm³/mol. The van der Waals surface area contributed by atoms with Gasteiger partial charge < -0.3 is 16.4 Å². The zero-order chi connectivity index (χ0) is 18.8. The van der Waals surface area contributed by atoms with Gasteiger partial charge in [-0.15, -0.1) is 0 Å². The molecule has 2 aromatic carbocycles. The van der Waals surface area contributed by atoms with Crippen molar-refractivity contribution in [1.82, 2.24) is 0 Å². The van der Waals surface area contributed by atoms with Crippen LogP contribution in [-0.2, 0) is 15.8 Å². The Balaban J connectivity index is 2.16. The van der Waals surface area contributed by atoms with Crippen molar-refractivity contribution < 1.29 is 22.8 Å². The minimum absolute atomic E-state index is 0.148. The van der Waals surface area contributed by atoms with Gasteiger partial charge in [0, 0.05) is 10.7 Å². The van der Waals surface area contributed by atoms with E-state index < -0.39 is 29.2 Å². The quantitative estimate of drug-likeness (QED) is 0.530. The van der Waals surface area contributed by atoms with Gasteiger partial charge in [0.15, 0.2) is 0 Å². The number of carbonyl (C=O) groups excluding carboxylic acids is 2. The van der Waals surface area contributed by atoms with E-state index in [0.29, 0.717) is 6.07 Å². The molecule has 0 atom stereocenters. The van der Waals surface area contributed by atoms with E-state index in [1.165, 1.54) is 18.2 Å². The zero-order valence-corrected chi connectivity index (χ0v) is 13.8. The summed E-state index contributed by atoms with van der Waals surface area (Å²) >= 11 is 11.3. The lowest BCUT2D eigenvalue weighted by Crippen LogP contribution is -2.30. The van der Waals surface area contributed by atoms with Crippen LogP contribution >= 0.6 is 23.2 Å². The molecular formula is C15H10Cl2F3N3O2. The van der Waals surface area contributed by atoms with E-state index in [1.807, 2.05) is 5.32 Å². The van der Waals surface area contributed by atoms with Gasteiger partial charge in [-0.25, -0.2) is 0 Å². The first-order chi connectivity index (χ1) is 11.6. The highest BCUT2D eigenvalue weighted by Crippen LogP contribution is 2.36. The molecule has 10 heteroatoms. The average molecular weight is 392 g/mol. The Bertz CT molecular complexity index is 841. The summed E-state index contributed by atoms with van der Waals surface area (Å²) in [5.41, 5.74) is 4.17. The molecule has 132 valence electrons. The number of nitrogens with two attached hydrogens (primary N) is 1. The fraction of sp³-hybridized carbons (Fsp3) is 0.0667. The minimum Gasteiger partial charge on any atom is -0.398 e. The van der Waals surface area contributed by atoms with E-state index in [9.17, 15) is 22.8 Å². The lowest BCUT2D eigenvalue weighted by molar-refractivity contribution is -0.137. The van der Waals surface area contributed by atoms with Crippen LogP contribution in [0.4, 0.5) is 30.2 Å². The number of carbonyl (C=O) groups is 2. The van der Waals surface area contributed by atoms with Gasteiger partial charge in [0.05, 0.1) is 22.0 Å². The molecule has 2 aromatic rings. The van der Waals surface area contributed by atoms with E-state index in [2.05, 4.69) is 5.32 Å². The Kier molecular flexibility index (Phi) is 5.44. The second-order valence-corrected chi connectivity index (χ2v) is 5.68. The van der Waals surface area contributed by atoms with E-state index in [1.54, 1.807) is 0 Å². The number of amides is 2. The number of nitrogens with one attached hydrogen (secondary N) is 2. The molecule has 0 aliphatic rings. The normalized spacial score (nSPS) is 11.1. The smallest absolute Gasteiger partial charge is 0.398 e. The van der Waals surface area contributed by atoms with E-state index in [0.717, 1.165) is 12.1 Å². The molecule has 0 aromatic heterocycles. The maximum Gasteiger partial charge on any atom is 0.418 e. The highest BCUT2D eigenvalue weighted by Gasteiger charge is 2.34. The van der Waals surface area contributed by atoms with Crippen LogP contribution in [0.5, 0.6) is 0 Å². The first kappa shape index (κ1) is 18.9. The Hall–Kier alpha value is -2.45. The molecule has 4 N–H and O–H groups in total. The van der Waals surface area contributed by atoms with Crippen molar-refractivity contribution >= 4 is 52.1 Å². The Morgan fingerprint density at radius 2 is 1.60 bits per heavy atom. The highest BCUT2D eigenvalue weighted by molar-refractivity contribution is 6.44. The van der Waals surface area contributed by atoms with Gasteiger partial charge in [-0.3, -0.25) is 9.59 Å². The van der Waals surface area contributed by atoms with Crippen molar-refractivity contribution in [2.24, 2.45) is 0 Å². The summed E-state index contributed by atoms with van der Waals surface area (Å²) in [6.45, 7) is 0. The number of hydrogen-bond donors (Lipinski definition) is 3. The van der Waals surface area contributed by atoms with E-state index in [-0.39, 0.29) is 21.4 Å². The molecule has 0 aliphatic carbocycles. The molecule has 0 saturated carbocycles. The summed E-state index contributed by atoms with van der Waals surface area (Å²) in [5, 5.41) is 4.09. The van der Waals surface area contributed by atoms with Crippen molar-refractivity contribution in [3.63, 3.8) is 0 Å². The van der Waals surface area contributed by atoms with Gasteiger partial charge in [-0.2, -0.15) is 13.2 Å². The SMILES string of the molecule is Nc1ccc(NC(=O)C(=O)Nc2ccc(Cl)cc2C(F)(F)F)cc1Cl.